The first-order chi connectivity index (χ1) is 20.2. The summed E-state index contributed by atoms with van der Waals surface area (Å²) in [7, 11) is 0. The number of nitrogens with zero attached hydrogens (tertiary/aromatic N) is 1. The van der Waals surface area contributed by atoms with Gasteiger partial charge in [-0.2, -0.15) is 0 Å². The lowest BCUT2D eigenvalue weighted by Gasteiger charge is -2.36. The van der Waals surface area contributed by atoms with Crippen molar-refractivity contribution < 1.29 is 34.3 Å². The molecule has 2 aromatic carbocycles. The number of benzene rings is 2. The number of fused-ring (bicyclic) bond motifs is 1. The first-order valence-electron chi connectivity index (χ1n) is 14.0. The van der Waals surface area contributed by atoms with Gasteiger partial charge in [-0.05, 0) is 61.2 Å². The number of hydrogen-bond donors (Lipinski definition) is 6. The predicted molar refractivity (Wildman–Crippen MR) is 159 cm³/mol. The van der Waals surface area contributed by atoms with E-state index in [-0.39, 0.29) is 30.3 Å². The number of carbonyl (C=O) groups excluding carboxylic acids is 1. The molecule has 0 aliphatic carbocycles. The van der Waals surface area contributed by atoms with Gasteiger partial charge in [0.1, 0.15) is 29.8 Å². The molecule has 6 unspecified atom stereocenters. The Balaban J connectivity index is 1.37. The average Bonchev–Trinajstić information content (AvgIpc) is 3.35. The molecule has 1 amide bonds. The van der Waals surface area contributed by atoms with Gasteiger partial charge in [0.15, 0.2) is 5.96 Å². The third-order valence-corrected chi connectivity index (χ3v) is 7.25. The van der Waals surface area contributed by atoms with Crippen LogP contribution in [0.25, 0.3) is 6.08 Å². The van der Waals surface area contributed by atoms with Gasteiger partial charge in [0.25, 0.3) is 0 Å². The van der Waals surface area contributed by atoms with E-state index < -0.39 is 31.2 Å². The van der Waals surface area contributed by atoms with Gasteiger partial charge in [-0.1, -0.05) is 30.4 Å². The summed E-state index contributed by atoms with van der Waals surface area (Å²) in [5.74, 6) is 1.07. The van der Waals surface area contributed by atoms with E-state index in [0.717, 1.165) is 40.9 Å². The molecule has 1 saturated heterocycles. The normalized spacial score (nSPS) is 25.0. The summed E-state index contributed by atoms with van der Waals surface area (Å²) in [5.41, 5.74) is 14.3. The van der Waals surface area contributed by atoms with Gasteiger partial charge < -0.3 is 46.3 Å². The minimum absolute atomic E-state index is 0.0676. The number of guanidine groups is 1. The Bertz CT molecular complexity index is 1290. The van der Waals surface area contributed by atoms with Gasteiger partial charge >= 0.3 is 0 Å². The minimum atomic E-state index is -1.16. The molecule has 42 heavy (non-hydrogen) atoms. The van der Waals surface area contributed by atoms with Gasteiger partial charge in [0.2, 0.25) is 12.2 Å². The third-order valence-electron chi connectivity index (χ3n) is 7.25. The molecule has 0 aromatic heterocycles. The molecular weight excluding hydrogens is 540 g/mol. The van der Waals surface area contributed by atoms with E-state index in [1.54, 1.807) is 18.2 Å². The number of aliphatic hydroxyl groups is 3. The minimum Gasteiger partial charge on any atom is -0.484 e. The zero-order valence-corrected chi connectivity index (χ0v) is 23.7. The lowest BCUT2D eigenvalue weighted by Crippen LogP contribution is -2.51. The summed E-state index contributed by atoms with van der Waals surface area (Å²) in [6, 6.07) is 13.2. The fraction of sp³-hybridized carbons (Fsp3) is 0.419. The lowest BCUT2D eigenvalue weighted by molar-refractivity contribution is -0.229. The van der Waals surface area contributed by atoms with Gasteiger partial charge in [-0.15, -0.1) is 0 Å². The number of unbranched alkanes of at least 4 members (excludes halogenated alkanes) is 1. The lowest BCUT2D eigenvalue weighted by atomic mass is 9.85. The Morgan fingerprint density at radius 1 is 1.19 bits per heavy atom. The number of ether oxygens (including phenoxy) is 3. The zero-order chi connectivity index (χ0) is 30.2. The highest BCUT2D eigenvalue weighted by molar-refractivity contribution is 5.91. The first kappa shape index (κ1) is 31.0. The van der Waals surface area contributed by atoms with Crippen LogP contribution >= 0.6 is 0 Å². The number of aliphatic imine (C=N–C) groups is 1. The van der Waals surface area contributed by atoms with Crippen molar-refractivity contribution in [2.75, 3.05) is 19.7 Å². The fourth-order valence-electron chi connectivity index (χ4n) is 5.09. The van der Waals surface area contributed by atoms with Gasteiger partial charge in [-0.3, -0.25) is 9.79 Å². The van der Waals surface area contributed by atoms with Crippen molar-refractivity contribution in [2.24, 2.45) is 16.5 Å². The molecule has 2 aliphatic heterocycles. The SMILES string of the molecule is C=C(C)C1c2cc(C=CC(=O)NCCCCN=C(N)N)ccc2OC1c1ccc(OC2CC(O)C(O)C(CO)O2)cc1. The zero-order valence-electron chi connectivity index (χ0n) is 23.7. The van der Waals surface area contributed by atoms with E-state index in [2.05, 4.69) is 16.9 Å². The van der Waals surface area contributed by atoms with Crippen molar-refractivity contribution in [3.63, 3.8) is 0 Å². The molecule has 11 heteroatoms. The maximum atomic E-state index is 12.3. The van der Waals surface area contributed by atoms with Crippen LogP contribution in [0.1, 0.15) is 54.9 Å². The molecule has 0 radical (unpaired) electrons. The topological polar surface area (TPSA) is 182 Å². The average molecular weight is 581 g/mol. The molecule has 0 saturated carbocycles. The smallest absolute Gasteiger partial charge is 0.243 e. The highest BCUT2D eigenvalue weighted by atomic mass is 16.7. The van der Waals surface area contributed by atoms with Crippen molar-refractivity contribution in [1.82, 2.24) is 5.32 Å². The number of carbonyl (C=O) groups is 1. The summed E-state index contributed by atoms with van der Waals surface area (Å²) < 4.78 is 17.8. The van der Waals surface area contributed by atoms with Crippen LogP contribution in [0.15, 0.2) is 65.7 Å². The van der Waals surface area contributed by atoms with E-state index in [0.29, 0.717) is 18.8 Å². The summed E-state index contributed by atoms with van der Waals surface area (Å²) >= 11 is 0. The van der Waals surface area contributed by atoms with Crippen LogP contribution in [-0.4, -0.2) is 71.5 Å². The molecule has 11 nitrogen and oxygen atoms in total. The number of amides is 1. The van der Waals surface area contributed by atoms with Crippen LogP contribution < -0.4 is 26.3 Å². The monoisotopic (exact) mass is 580 g/mol. The van der Waals surface area contributed by atoms with E-state index in [1.165, 1.54) is 6.08 Å². The Morgan fingerprint density at radius 2 is 1.95 bits per heavy atom. The molecule has 0 spiro atoms. The molecule has 2 aliphatic rings. The number of rotatable bonds is 12. The Hall–Kier alpha value is -3.90. The first-order valence-corrected chi connectivity index (χ1v) is 14.0. The van der Waals surface area contributed by atoms with E-state index in [4.69, 9.17) is 25.7 Å². The summed E-state index contributed by atoms with van der Waals surface area (Å²) in [6.07, 6.45) is 0.689. The van der Waals surface area contributed by atoms with Crippen molar-refractivity contribution in [2.45, 2.75) is 62.8 Å². The highest BCUT2D eigenvalue weighted by Crippen LogP contribution is 2.49. The predicted octanol–water partition coefficient (Wildman–Crippen LogP) is 1.87. The third kappa shape index (κ3) is 7.89. The van der Waals surface area contributed by atoms with Crippen LogP contribution in [0.2, 0.25) is 0 Å². The number of nitrogens with one attached hydrogen (secondary N) is 1. The second-order valence-corrected chi connectivity index (χ2v) is 10.6. The second-order valence-electron chi connectivity index (χ2n) is 10.6. The van der Waals surface area contributed by atoms with Gasteiger partial charge in [0.05, 0.1) is 12.7 Å². The molecule has 2 aromatic rings. The molecule has 1 fully saturated rings. The standard InChI is InChI=1S/C31H40N4O7/c1-18(2)28-22-15-19(6-12-26(38)34-13-3-4-14-35-31(32)33)5-11-24(22)42-30(28)20-7-9-21(10-8-20)40-27-16-23(37)29(39)25(17-36)41-27/h5-12,15,23,25,27-30,36-37,39H,1,3-4,13-14,16-17H2,2H3,(H,34,38)(H4,32,33,35). The molecule has 0 bridgehead atoms. The largest absolute Gasteiger partial charge is 0.484 e. The summed E-state index contributed by atoms with van der Waals surface area (Å²) in [5, 5.41) is 32.2. The van der Waals surface area contributed by atoms with Crippen LogP contribution in [0.5, 0.6) is 11.5 Å². The van der Waals surface area contributed by atoms with Gasteiger partial charge in [0, 0.05) is 37.1 Å². The van der Waals surface area contributed by atoms with E-state index in [1.807, 2.05) is 37.3 Å². The van der Waals surface area contributed by atoms with Crippen LogP contribution in [0, 0.1) is 0 Å². The summed E-state index contributed by atoms with van der Waals surface area (Å²) in [4.78, 5) is 16.2. The fourth-order valence-corrected chi connectivity index (χ4v) is 5.09. The van der Waals surface area contributed by atoms with Crippen molar-refractivity contribution in [3.05, 3.63) is 77.4 Å². The molecule has 226 valence electrons. The van der Waals surface area contributed by atoms with Crippen LogP contribution in [-0.2, 0) is 9.53 Å². The Kier molecular flexibility index (Phi) is 10.6. The molecule has 8 N–H and O–H groups in total. The summed E-state index contributed by atoms with van der Waals surface area (Å²) in [6.45, 7) is 6.82. The quantitative estimate of drug-likeness (QED) is 0.0718. The molecule has 4 rings (SSSR count). The maximum Gasteiger partial charge on any atom is 0.243 e. The Labute approximate surface area is 245 Å². The number of nitrogens with two attached hydrogens (primary N) is 2. The molecular formula is C31H40N4O7. The van der Waals surface area contributed by atoms with Crippen molar-refractivity contribution in [1.29, 1.82) is 0 Å². The number of hydrogen-bond acceptors (Lipinski definition) is 8. The second kappa shape index (κ2) is 14.3. The Morgan fingerprint density at radius 3 is 2.64 bits per heavy atom. The highest BCUT2D eigenvalue weighted by Gasteiger charge is 2.38. The van der Waals surface area contributed by atoms with Crippen LogP contribution in [0.3, 0.4) is 0 Å². The van der Waals surface area contributed by atoms with E-state index in [9.17, 15) is 20.1 Å². The number of aliphatic hydroxyl groups excluding tert-OH is 3. The van der Waals surface area contributed by atoms with Gasteiger partial charge in [-0.25, -0.2) is 0 Å². The maximum absolute atomic E-state index is 12.3. The van der Waals surface area contributed by atoms with E-state index >= 15 is 0 Å². The molecule has 6 atom stereocenters. The van der Waals surface area contributed by atoms with Crippen LogP contribution in [0.4, 0.5) is 0 Å². The molecule has 2 heterocycles. The van der Waals surface area contributed by atoms with Crippen molar-refractivity contribution >= 4 is 17.9 Å². The van der Waals surface area contributed by atoms with Crippen molar-refractivity contribution in [3.8, 4) is 11.5 Å².